The Morgan fingerprint density at radius 3 is 2.88 bits per heavy atom. The van der Waals surface area contributed by atoms with Crippen LogP contribution in [-0.4, -0.2) is 56.9 Å². The Hall–Kier alpha value is -0.170. The van der Waals surface area contributed by atoms with Crippen LogP contribution in [0, 0.1) is 0 Å². The molecule has 0 aromatic rings. The van der Waals surface area contributed by atoms with Crippen molar-refractivity contribution in [3.8, 4) is 0 Å². The van der Waals surface area contributed by atoms with Gasteiger partial charge in [-0.05, 0) is 19.8 Å². The second-order valence-corrected chi connectivity index (χ2v) is 6.81. The summed E-state index contributed by atoms with van der Waals surface area (Å²) in [6.07, 6.45) is 1.59. The highest BCUT2D eigenvalue weighted by molar-refractivity contribution is 7.89. The normalized spacial score (nSPS) is 33.8. The van der Waals surface area contributed by atoms with Gasteiger partial charge in [-0.3, -0.25) is 0 Å². The maximum Gasteiger partial charge on any atom is 0.219 e. The topological polar surface area (TPSA) is 58.6 Å². The third-order valence-corrected chi connectivity index (χ3v) is 5.50. The third kappa shape index (κ3) is 2.56. The predicted molar refractivity (Wildman–Crippen MR) is 61.8 cm³/mol. The van der Waals surface area contributed by atoms with Gasteiger partial charge < -0.3 is 10.1 Å². The maximum absolute atomic E-state index is 12.3. The molecule has 0 aliphatic carbocycles. The first-order chi connectivity index (χ1) is 7.60. The van der Waals surface area contributed by atoms with Gasteiger partial charge >= 0.3 is 0 Å². The van der Waals surface area contributed by atoms with E-state index in [1.807, 2.05) is 6.92 Å². The largest absolute Gasteiger partial charge is 0.380 e. The van der Waals surface area contributed by atoms with E-state index in [-0.39, 0.29) is 11.3 Å². The van der Waals surface area contributed by atoms with Crippen LogP contribution in [0.4, 0.5) is 0 Å². The van der Waals surface area contributed by atoms with Crippen molar-refractivity contribution in [3.63, 3.8) is 0 Å². The molecule has 94 valence electrons. The Morgan fingerprint density at radius 2 is 2.25 bits per heavy atom. The predicted octanol–water partition coefficient (Wildman–Crippen LogP) is -0.211. The number of piperazine rings is 1. The van der Waals surface area contributed by atoms with Crippen molar-refractivity contribution in [1.29, 1.82) is 0 Å². The van der Waals surface area contributed by atoms with Crippen LogP contribution >= 0.6 is 0 Å². The smallest absolute Gasteiger partial charge is 0.219 e. The molecule has 0 saturated carbocycles. The zero-order valence-electron chi connectivity index (χ0n) is 9.68. The molecule has 2 heterocycles. The van der Waals surface area contributed by atoms with Crippen LogP contribution in [0.25, 0.3) is 0 Å². The second-order valence-electron chi connectivity index (χ2n) is 4.60. The molecule has 2 saturated heterocycles. The molecular weight excluding hydrogens is 228 g/mol. The fraction of sp³-hybridized carbons (Fsp3) is 1.00. The van der Waals surface area contributed by atoms with E-state index in [1.165, 1.54) is 0 Å². The van der Waals surface area contributed by atoms with Crippen LogP contribution in [0.1, 0.15) is 19.8 Å². The van der Waals surface area contributed by atoms with Crippen LogP contribution in [0.15, 0.2) is 0 Å². The zero-order chi connectivity index (χ0) is 11.6. The van der Waals surface area contributed by atoms with E-state index in [0.717, 1.165) is 19.4 Å². The first-order valence-corrected chi connectivity index (χ1v) is 7.41. The highest BCUT2D eigenvalue weighted by atomic mass is 32.2. The molecule has 0 amide bonds. The van der Waals surface area contributed by atoms with E-state index in [0.29, 0.717) is 26.3 Å². The molecule has 2 atom stereocenters. The number of ether oxygens (including phenoxy) is 1. The molecule has 0 aromatic carbocycles. The van der Waals surface area contributed by atoms with Gasteiger partial charge in [-0.2, -0.15) is 4.31 Å². The van der Waals surface area contributed by atoms with Crippen LogP contribution in [0.3, 0.4) is 0 Å². The van der Waals surface area contributed by atoms with Crippen molar-refractivity contribution in [2.24, 2.45) is 0 Å². The monoisotopic (exact) mass is 248 g/mol. The molecule has 2 aliphatic heterocycles. The molecule has 0 radical (unpaired) electrons. The lowest BCUT2D eigenvalue weighted by Gasteiger charge is -2.34. The number of hydrogen-bond acceptors (Lipinski definition) is 4. The van der Waals surface area contributed by atoms with Gasteiger partial charge in [0.15, 0.2) is 0 Å². The van der Waals surface area contributed by atoms with Crippen LogP contribution < -0.4 is 5.32 Å². The molecule has 1 unspecified atom stereocenters. The van der Waals surface area contributed by atoms with Gasteiger partial charge in [-0.1, -0.05) is 0 Å². The fourth-order valence-electron chi connectivity index (χ4n) is 2.28. The Morgan fingerprint density at radius 1 is 1.44 bits per heavy atom. The van der Waals surface area contributed by atoms with Gasteiger partial charge in [0, 0.05) is 32.3 Å². The summed E-state index contributed by atoms with van der Waals surface area (Å²) in [7, 11) is -3.15. The Bertz CT molecular complexity index is 325. The van der Waals surface area contributed by atoms with Gasteiger partial charge in [0.05, 0.1) is 11.9 Å². The highest BCUT2D eigenvalue weighted by Crippen LogP contribution is 2.19. The van der Waals surface area contributed by atoms with Crippen LogP contribution in [-0.2, 0) is 14.8 Å². The maximum atomic E-state index is 12.3. The second kappa shape index (κ2) is 5.00. The minimum Gasteiger partial charge on any atom is -0.380 e. The number of rotatable bonds is 2. The minimum atomic E-state index is -3.15. The molecule has 5 nitrogen and oxygen atoms in total. The van der Waals surface area contributed by atoms with E-state index in [4.69, 9.17) is 4.74 Å². The van der Waals surface area contributed by atoms with Gasteiger partial charge in [-0.15, -0.1) is 0 Å². The number of hydrogen-bond donors (Lipinski definition) is 1. The van der Waals surface area contributed by atoms with Crippen molar-refractivity contribution >= 4 is 10.0 Å². The van der Waals surface area contributed by atoms with E-state index < -0.39 is 10.0 Å². The minimum absolute atomic E-state index is 0.244. The summed E-state index contributed by atoms with van der Waals surface area (Å²) in [6, 6.07) is 0.244. The van der Waals surface area contributed by atoms with Crippen molar-refractivity contribution in [1.82, 2.24) is 9.62 Å². The highest BCUT2D eigenvalue weighted by Gasteiger charge is 2.35. The van der Waals surface area contributed by atoms with E-state index in [1.54, 1.807) is 4.31 Å². The fourth-order valence-corrected chi connectivity index (χ4v) is 4.22. The standard InChI is InChI=1S/C10H20N2O3S/c1-9-7-12(5-4-11-9)16(13,14)10-3-2-6-15-8-10/h9-11H,2-8H2,1H3/t9-,10?/m1/s1. The Kier molecular flexibility index (Phi) is 3.84. The first kappa shape index (κ1) is 12.3. The van der Waals surface area contributed by atoms with E-state index in [9.17, 15) is 8.42 Å². The Labute approximate surface area is 97.2 Å². The van der Waals surface area contributed by atoms with Crippen LogP contribution in [0.2, 0.25) is 0 Å². The average molecular weight is 248 g/mol. The summed E-state index contributed by atoms with van der Waals surface area (Å²) < 4.78 is 31.5. The molecule has 16 heavy (non-hydrogen) atoms. The van der Waals surface area contributed by atoms with Crippen molar-refractivity contribution in [2.75, 3.05) is 32.8 Å². The van der Waals surface area contributed by atoms with Gasteiger partial charge in [0.25, 0.3) is 0 Å². The lowest BCUT2D eigenvalue weighted by molar-refractivity contribution is 0.0970. The van der Waals surface area contributed by atoms with Crippen molar-refractivity contribution < 1.29 is 13.2 Å². The third-order valence-electron chi connectivity index (χ3n) is 3.23. The molecule has 0 aromatic heterocycles. The molecule has 6 heteroatoms. The number of nitrogens with one attached hydrogen (secondary N) is 1. The van der Waals surface area contributed by atoms with Crippen molar-refractivity contribution in [3.05, 3.63) is 0 Å². The lowest BCUT2D eigenvalue weighted by atomic mass is 10.2. The molecule has 0 bridgehead atoms. The first-order valence-electron chi connectivity index (χ1n) is 5.91. The van der Waals surface area contributed by atoms with Crippen LogP contribution in [0.5, 0.6) is 0 Å². The van der Waals surface area contributed by atoms with Gasteiger partial charge in [-0.25, -0.2) is 8.42 Å². The average Bonchev–Trinajstić information content (AvgIpc) is 2.30. The van der Waals surface area contributed by atoms with E-state index in [2.05, 4.69) is 5.32 Å². The molecule has 2 rings (SSSR count). The SMILES string of the molecule is C[C@@H]1CN(S(=O)(=O)C2CCCOC2)CCN1. The van der Waals surface area contributed by atoms with Gasteiger partial charge in [0.1, 0.15) is 0 Å². The molecule has 1 N–H and O–H groups in total. The number of sulfonamides is 1. The van der Waals surface area contributed by atoms with E-state index >= 15 is 0 Å². The summed E-state index contributed by atoms with van der Waals surface area (Å²) >= 11 is 0. The zero-order valence-corrected chi connectivity index (χ0v) is 10.5. The molecule has 2 fully saturated rings. The summed E-state index contributed by atoms with van der Waals surface area (Å²) in [5.74, 6) is 0. The van der Waals surface area contributed by atoms with Crippen molar-refractivity contribution in [2.45, 2.75) is 31.1 Å². The Balaban J connectivity index is 2.05. The summed E-state index contributed by atoms with van der Waals surface area (Å²) in [5, 5.41) is 2.92. The van der Waals surface area contributed by atoms with Gasteiger partial charge in [0.2, 0.25) is 10.0 Å². The summed E-state index contributed by atoms with van der Waals surface area (Å²) in [5.41, 5.74) is 0. The quantitative estimate of drug-likeness (QED) is 0.734. The number of nitrogens with zero attached hydrogens (tertiary/aromatic N) is 1. The lowest BCUT2D eigenvalue weighted by Crippen LogP contribution is -2.54. The molecule has 0 spiro atoms. The summed E-state index contributed by atoms with van der Waals surface area (Å²) in [4.78, 5) is 0. The molecule has 2 aliphatic rings. The molecular formula is C10H20N2O3S. The summed E-state index contributed by atoms with van der Waals surface area (Å²) in [6.45, 7) is 4.99.